The van der Waals surface area contributed by atoms with Gasteiger partial charge in [0.15, 0.2) is 12.4 Å². The lowest BCUT2D eigenvalue weighted by molar-refractivity contribution is -0.146. The van der Waals surface area contributed by atoms with Crippen LogP contribution in [0.25, 0.3) is 10.1 Å². The van der Waals surface area contributed by atoms with Gasteiger partial charge in [0.1, 0.15) is 29.6 Å². The van der Waals surface area contributed by atoms with Crippen LogP contribution < -0.4 is 9.61 Å². The van der Waals surface area contributed by atoms with Crippen molar-refractivity contribution in [1.29, 1.82) is 0 Å². The number of rotatable bonds is 12. The van der Waals surface area contributed by atoms with E-state index in [9.17, 15) is 14.2 Å². The summed E-state index contributed by atoms with van der Waals surface area (Å²) in [6, 6.07) is 13.0. The van der Waals surface area contributed by atoms with Crippen molar-refractivity contribution in [3.05, 3.63) is 89.8 Å². The summed E-state index contributed by atoms with van der Waals surface area (Å²) in [4.78, 5) is 25.2. The van der Waals surface area contributed by atoms with Crippen LogP contribution in [0.2, 0.25) is 0 Å². The second kappa shape index (κ2) is 12.3. The zero-order valence-electron chi connectivity index (χ0n) is 21.2. The minimum Gasteiger partial charge on any atom is -0.457 e. The van der Waals surface area contributed by atoms with Gasteiger partial charge < -0.3 is 18.6 Å². The average Bonchev–Trinajstić information content (AvgIpc) is 3.55. The standard InChI is InChI=1S/C26H26FN4O6PS/c1-4-12-35-26(33)22-14-19-13-18(10-11-21(19)39-22)24(27)38(34,37-20-8-6-5-7-9-20)30-17(2)25(32)36-15-23-29-28-16-31(23)3/h4-11,13-14,16-17,24H,1,12,15H2,2-3H3,(H,30,34)/t17-,24+,38?/m0/s1. The molecule has 3 atom stereocenters. The second-order valence-electron chi connectivity index (χ2n) is 8.45. The monoisotopic (exact) mass is 572 g/mol. The van der Waals surface area contributed by atoms with E-state index in [1.54, 1.807) is 41.9 Å². The van der Waals surface area contributed by atoms with Gasteiger partial charge in [-0.05, 0) is 48.2 Å². The number of nitrogens with one attached hydrogen (secondary N) is 1. The van der Waals surface area contributed by atoms with Crippen molar-refractivity contribution in [1.82, 2.24) is 19.9 Å². The maximum atomic E-state index is 16.1. The van der Waals surface area contributed by atoms with Crippen LogP contribution in [0, 0.1) is 0 Å². The third-order valence-corrected chi connectivity index (χ3v) is 8.73. The summed E-state index contributed by atoms with van der Waals surface area (Å²) < 4.78 is 48.4. The topological polar surface area (TPSA) is 122 Å². The maximum absolute atomic E-state index is 16.1. The van der Waals surface area contributed by atoms with Gasteiger partial charge in [-0.15, -0.1) is 21.5 Å². The van der Waals surface area contributed by atoms with E-state index < -0.39 is 31.4 Å². The molecule has 0 spiro atoms. The molecule has 0 bridgehead atoms. The van der Waals surface area contributed by atoms with E-state index in [-0.39, 0.29) is 24.5 Å². The van der Waals surface area contributed by atoms with Crippen LogP contribution in [-0.4, -0.2) is 39.4 Å². The third kappa shape index (κ3) is 6.78. The zero-order chi connectivity index (χ0) is 28.0. The number of carbonyl (C=O) groups is 2. The second-order valence-corrected chi connectivity index (χ2v) is 11.6. The smallest absolute Gasteiger partial charge is 0.355 e. The number of fused-ring (bicyclic) bond motifs is 1. The summed E-state index contributed by atoms with van der Waals surface area (Å²) in [5.74, 6) is -2.91. The fourth-order valence-electron chi connectivity index (χ4n) is 3.51. The lowest BCUT2D eigenvalue weighted by atomic mass is 10.2. The molecule has 13 heteroatoms. The Morgan fingerprint density at radius 1 is 1.21 bits per heavy atom. The molecule has 4 aromatic rings. The van der Waals surface area contributed by atoms with Gasteiger partial charge in [0.2, 0.25) is 5.91 Å². The van der Waals surface area contributed by atoms with Crippen molar-refractivity contribution in [3.63, 3.8) is 0 Å². The van der Waals surface area contributed by atoms with E-state index in [0.29, 0.717) is 20.8 Å². The molecule has 0 aliphatic rings. The lowest BCUT2D eigenvalue weighted by Gasteiger charge is -2.26. The van der Waals surface area contributed by atoms with E-state index in [0.717, 1.165) is 0 Å². The number of para-hydroxylation sites is 1. The summed E-state index contributed by atoms with van der Waals surface area (Å²) in [6.07, 6.45) is 2.92. The molecule has 2 aromatic heterocycles. The Morgan fingerprint density at radius 2 is 1.97 bits per heavy atom. The number of halogens is 1. The molecule has 0 radical (unpaired) electrons. The highest BCUT2D eigenvalue weighted by molar-refractivity contribution is 7.57. The lowest BCUT2D eigenvalue weighted by Crippen LogP contribution is -2.35. The summed E-state index contributed by atoms with van der Waals surface area (Å²) in [5, 5.41) is 10.7. The number of aryl methyl sites for hydroxylation is 1. The van der Waals surface area contributed by atoms with Gasteiger partial charge in [0.05, 0.1) is 0 Å². The number of nitrogens with zero attached hydrogens (tertiary/aromatic N) is 3. The largest absolute Gasteiger partial charge is 0.457 e. The van der Waals surface area contributed by atoms with Gasteiger partial charge in [0.25, 0.3) is 0 Å². The number of thiophene rings is 1. The number of alkyl halides is 1. The highest BCUT2D eigenvalue weighted by Gasteiger charge is 2.41. The van der Waals surface area contributed by atoms with E-state index in [1.807, 2.05) is 0 Å². The van der Waals surface area contributed by atoms with Crippen molar-refractivity contribution in [2.24, 2.45) is 7.05 Å². The summed E-state index contributed by atoms with van der Waals surface area (Å²) in [5.41, 5.74) is 0.0396. The number of carbonyl (C=O) groups excluding carboxylic acids is 2. The van der Waals surface area contributed by atoms with Gasteiger partial charge in [-0.25, -0.2) is 14.3 Å². The summed E-state index contributed by atoms with van der Waals surface area (Å²) in [7, 11) is -2.72. The Kier molecular flexibility index (Phi) is 8.90. The van der Waals surface area contributed by atoms with Gasteiger partial charge in [-0.1, -0.05) is 36.9 Å². The van der Waals surface area contributed by atoms with Crippen molar-refractivity contribution in [3.8, 4) is 5.75 Å². The zero-order valence-corrected chi connectivity index (χ0v) is 22.9. The minimum absolute atomic E-state index is 0.0396. The molecule has 1 unspecified atom stereocenters. The van der Waals surface area contributed by atoms with Crippen LogP contribution in [0.5, 0.6) is 5.75 Å². The van der Waals surface area contributed by atoms with Gasteiger partial charge in [-0.3, -0.25) is 9.36 Å². The minimum atomic E-state index is -4.41. The molecule has 0 aliphatic heterocycles. The van der Waals surface area contributed by atoms with Crippen molar-refractivity contribution < 1.29 is 32.5 Å². The fourth-order valence-corrected chi connectivity index (χ4v) is 6.36. The molecule has 0 saturated carbocycles. The Balaban J connectivity index is 1.57. The first kappa shape index (κ1) is 28.2. The number of hydrogen-bond donors (Lipinski definition) is 1. The van der Waals surface area contributed by atoms with E-state index in [2.05, 4.69) is 21.9 Å². The number of aromatic nitrogens is 3. The highest BCUT2D eigenvalue weighted by Crippen LogP contribution is 2.58. The van der Waals surface area contributed by atoms with Crippen molar-refractivity contribution in [2.75, 3.05) is 6.61 Å². The van der Waals surface area contributed by atoms with Crippen LogP contribution in [0.15, 0.2) is 73.6 Å². The number of hydrogen-bond acceptors (Lipinski definition) is 9. The SMILES string of the molecule is C=CCOC(=O)c1cc2cc([C@H](F)P(=O)(N[C@@H](C)C(=O)OCc3nncn3C)Oc3ccccc3)ccc2s1. The molecule has 10 nitrogen and oxygen atoms in total. The molecule has 2 heterocycles. The average molecular weight is 573 g/mol. The molecular weight excluding hydrogens is 546 g/mol. The summed E-state index contributed by atoms with van der Waals surface area (Å²) >= 11 is 1.19. The van der Waals surface area contributed by atoms with Crippen molar-refractivity contribution >= 4 is 40.9 Å². The van der Waals surface area contributed by atoms with Crippen molar-refractivity contribution in [2.45, 2.75) is 25.5 Å². The number of benzene rings is 2. The molecular formula is C26H26FN4O6PS. The third-order valence-electron chi connectivity index (χ3n) is 5.51. The molecule has 2 aromatic carbocycles. The Morgan fingerprint density at radius 3 is 2.67 bits per heavy atom. The predicted octanol–water partition coefficient (Wildman–Crippen LogP) is 5.33. The fraction of sp³-hybridized carbons (Fsp3) is 0.231. The van der Waals surface area contributed by atoms with Crippen LogP contribution in [0.4, 0.5) is 4.39 Å². The number of esters is 2. The highest BCUT2D eigenvalue weighted by atomic mass is 32.1. The van der Waals surface area contributed by atoms with Gasteiger partial charge >= 0.3 is 19.5 Å². The number of ether oxygens (including phenoxy) is 2. The molecule has 0 amide bonds. The molecule has 1 N–H and O–H groups in total. The van der Waals surface area contributed by atoms with Gasteiger partial charge in [0, 0.05) is 11.7 Å². The van der Waals surface area contributed by atoms with Crippen LogP contribution in [-0.2, 0) is 32.5 Å². The first-order chi connectivity index (χ1) is 18.7. The molecule has 0 fully saturated rings. The molecule has 4 rings (SSSR count). The Hall–Kier alpha value is -3.86. The molecule has 0 aliphatic carbocycles. The van der Waals surface area contributed by atoms with E-state index >= 15 is 4.39 Å². The van der Waals surface area contributed by atoms with Crippen LogP contribution in [0.1, 0.15) is 33.9 Å². The Bertz CT molecular complexity index is 1530. The van der Waals surface area contributed by atoms with E-state index in [4.69, 9.17) is 14.0 Å². The molecule has 204 valence electrons. The Labute approximate surface area is 227 Å². The predicted molar refractivity (Wildman–Crippen MR) is 144 cm³/mol. The first-order valence-corrected chi connectivity index (χ1v) is 14.3. The quantitative estimate of drug-likeness (QED) is 0.136. The van der Waals surface area contributed by atoms with Crippen LogP contribution in [0.3, 0.4) is 0 Å². The summed E-state index contributed by atoms with van der Waals surface area (Å²) in [6.45, 7) is 4.81. The first-order valence-electron chi connectivity index (χ1n) is 11.8. The van der Waals surface area contributed by atoms with Crippen LogP contribution >= 0.6 is 18.9 Å². The molecule has 0 saturated heterocycles. The van der Waals surface area contributed by atoms with E-state index in [1.165, 1.54) is 54.9 Å². The van der Waals surface area contributed by atoms with Gasteiger partial charge in [-0.2, -0.15) is 0 Å². The molecule has 39 heavy (non-hydrogen) atoms. The maximum Gasteiger partial charge on any atom is 0.355 e. The normalized spacial score (nSPS) is 14.2.